The molecule has 1 heterocycles. The highest BCUT2D eigenvalue weighted by Crippen LogP contribution is 2.19. The van der Waals surface area contributed by atoms with Crippen molar-refractivity contribution in [1.82, 2.24) is 9.78 Å². The zero-order chi connectivity index (χ0) is 13.1. The highest BCUT2D eigenvalue weighted by Gasteiger charge is 2.07. The maximum Gasteiger partial charge on any atom is 0.165 e. The molecule has 0 fully saturated rings. The maximum absolute atomic E-state index is 13.7. The summed E-state index contributed by atoms with van der Waals surface area (Å²) < 4.78 is 20.6. The number of nitrogens with two attached hydrogens (primary N) is 1. The number of hydrogen-bond acceptors (Lipinski definition) is 3. The number of benzene rings is 1. The zero-order valence-electron chi connectivity index (χ0n) is 9.76. The van der Waals surface area contributed by atoms with Crippen LogP contribution in [0.1, 0.15) is 11.3 Å². The molecule has 1 aromatic carbocycles. The maximum atomic E-state index is 13.7. The Kier molecular flexibility index (Phi) is 3.57. The van der Waals surface area contributed by atoms with E-state index >= 15 is 0 Å². The van der Waals surface area contributed by atoms with Crippen molar-refractivity contribution in [2.24, 2.45) is 12.8 Å². The third-order valence-electron chi connectivity index (χ3n) is 2.36. The molecule has 4 nitrogen and oxygen atoms in total. The van der Waals surface area contributed by atoms with Crippen molar-refractivity contribution in [3.8, 4) is 5.75 Å². The number of rotatable bonds is 4. The lowest BCUT2D eigenvalue weighted by atomic mass is 10.2. The van der Waals surface area contributed by atoms with Crippen LogP contribution in [0.4, 0.5) is 4.39 Å². The van der Waals surface area contributed by atoms with Crippen LogP contribution >= 0.6 is 12.2 Å². The van der Waals surface area contributed by atoms with Crippen molar-refractivity contribution in [2.75, 3.05) is 0 Å². The van der Waals surface area contributed by atoms with Crippen molar-refractivity contribution in [3.63, 3.8) is 0 Å². The van der Waals surface area contributed by atoms with Crippen LogP contribution in [-0.4, -0.2) is 14.8 Å². The fourth-order valence-electron chi connectivity index (χ4n) is 1.46. The molecular weight excluding hydrogens is 253 g/mol. The molecule has 0 spiro atoms. The molecule has 0 aliphatic rings. The Bertz CT molecular complexity index is 582. The molecule has 0 bridgehead atoms. The van der Waals surface area contributed by atoms with Gasteiger partial charge in [-0.15, -0.1) is 0 Å². The Morgan fingerprint density at radius 2 is 2.28 bits per heavy atom. The molecule has 0 radical (unpaired) electrons. The molecule has 6 heteroatoms. The SMILES string of the molecule is Cn1ccc(COc2ccc(C(N)=S)cc2F)n1. The summed E-state index contributed by atoms with van der Waals surface area (Å²) in [7, 11) is 1.81. The van der Waals surface area contributed by atoms with Crippen molar-refractivity contribution in [2.45, 2.75) is 6.61 Å². The number of aryl methyl sites for hydroxylation is 1. The fraction of sp³-hybridized carbons (Fsp3) is 0.167. The molecule has 2 aromatic rings. The first kappa shape index (κ1) is 12.5. The Labute approximate surface area is 109 Å². The van der Waals surface area contributed by atoms with Gasteiger partial charge in [0.15, 0.2) is 11.6 Å². The predicted molar refractivity (Wildman–Crippen MR) is 69.8 cm³/mol. The van der Waals surface area contributed by atoms with Crippen LogP contribution in [0.5, 0.6) is 5.75 Å². The van der Waals surface area contributed by atoms with Crippen LogP contribution in [-0.2, 0) is 13.7 Å². The van der Waals surface area contributed by atoms with Gasteiger partial charge in [-0.25, -0.2) is 4.39 Å². The van der Waals surface area contributed by atoms with Gasteiger partial charge < -0.3 is 10.5 Å². The molecule has 0 unspecified atom stereocenters. The second-order valence-electron chi connectivity index (χ2n) is 3.78. The van der Waals surface area contributed by atoms with E-state index < -0.39 is 5.82 Å². The summed E-state index contributed by atoms with van der Waals surface area (Å²) in [5, 5.41) is 4.13. The first-order chi connectivity index (χ1) is 8.56. The summed E-state index contributed by atoms with van der Waals surface area (Å²) in [5.74, 6) is -0.336. The van der Waals surface area contributed by atoms with Gasteiger partial charge in [-0.1, -0.05) is 12.2 Å². The fourth-order valence-corrected chi connectivity index (χ4v) is 1.59. The first-order valence-corrected chi connectivity index (χ1v) is 5.68. The molecule has 0 saturated heterocycles. The van der Waals surface area contributed by atoms with E-state index in [1.165, 1.54) is 12.1 Å². The minimum atomic E-state index is -0.490. The quantitative estimate of drug-likeness (QED) is 0.856. The number of nitrogens with zero attached hydrogens (tertiary/aromatic N) is 2. The Morgan fingerprint density at radius 1 is 1.50 bits per heavy atom. The van der Waals surface area contributed by atoms with E-state index in [9.17, 15) is 4.39 Å². The van der Waals surface area contributed by atoms with Crippen molar-refractivity contribution in [1.29, 1.82) is 0 Å². The van der Waals surface area contributed by atoms with Crippen LogP contribution in [0.3, 0.4) is 0 Å². The number of thiocarbonyl (C=S) groups is 1. The molecule has 2 N–H and O–H groups in total. The lowest BCUT2D eigenvalue weighted by Gasteiger charge is -2.06. The van der Waals surface area contributed by atoms with Crippen LogP contribution in [0, 0.1) is 5.82 Å². The molecule has 2 rings (SSSR count). The number of hydrogen-bond donors (Lipinski definition) is 1. The van der Waals surface area contributed by atoms with E-state index in [1.54, 1.807) is 30.1 Å². The highest BCUT2D eigenvalue weighted by atomic mass is 32.1. The van der Waals surface area contributed by atoms with Gasteiger partial charge in [-0.2, -0.15) is 5.10 Å². The molecule has 0 atom stereocenters. The van der Waals surface area contributed by atoms with Gasteiger partial charge in [0, 0.05) is 18.8 Å². The Balaban J connectivity index is 2.08. The minimum absolute atomic E-state index is 0.153. The number of ether oxygens (including phenoxy) is 1. The van der Waals surface area contributed by atoms with Gasteiger partial charge in [0.1, 0.15) is 11.6 Å². The molecule has 1 aromatic heterocycles. The predicted octanol–water partition coefficient (Wildman–Crippen LogP) is 1.77. The molecule has 0 aliphatic heterocycles. The van der Waals surface area contributed by atoms with Crippen molar-refractivity contribution >= 4 is 17.2 Å². The zero-order valence-corrected chi connectivity index (χ0v) is 10.6. The van der Waals surface area contributed by atoms with Crippen LogP contribution in [0.2, 0.25) is 0 Å². The van der Waals surface area contributed by atoms with Crippen LogP contribution in [0.15, 0.2) is 30.5 Å². The standard InChI is InChI=1S/C12H12FN3OS/c1-16-5-4-9(15-16)7-17-11-3-2-8(12(14)18)6-10(11)13/h2-6H,7H2,1H3,(H2,14,18). The monoisotopic (exact) mass is 265 g/mol. The average molecular weight is 265 g/mol. The number of halogens is 1. The van der Waals surface area contributed by atoms with E-state index in [0.29, 0.717) is 5.56 Å². The van der Waals surface area contributed by atoms with E-state index in [4.69, 9.17) is 22.7 Å². The van der Waals surface area contributed by atoms with Crippen LogP contribution in [0.25, 0.3) is 0 Å². The van der Waals surface area contributed by atoms with Crippen molar-refractivity contribution in [3.05, 3.63) is 47.5 Å². The second kappa shape index (κ2) is 5.14. The van der Waals surface area contributed by atoms with E-state index in [1.807, 2.05) is 0 Å². The van der Waals surface area contributed by atoms with Gasteiger partial charge >= 0.3 is 0 Å². The molecule has 18 heavy (non-hydrogen) atoms. The summed E-state index contributed by atoms with van der Waals surface area (Å²) in [6.45, 7) is 0.212. The summed E-state index contributed by atoms with van der Waals surface area (Å²) in [6.07, 6.45) is 1.80. The third-order valence-corrected chi connectivity index (χ3v) is 2.60. The number of aromatic nitrogens is 2. The lowest BCUT2D eigenvalue weighted by molar-refractivity contribution is 0.285. The smallest absolute Gasteiger partial charge is 0.165 e. The summed E-state index contributed by atoms with van der Waals surface area (Å²) in [5.41, 5.74) is 6.62. The molecule has 94 valence electrons. The van der Waals surface area contributed by atoms with Gasteiger partial charge in [-0.3, -0.25) is 4.68 Å². The topological polar surface area (TPSA) is 53.1 Å². The highest BCUT2D eigenvalue weighted by molar-refractivity contribution is 7.80. The molecule has 0 amide bonds. The van der Waals surface area contributed by atoms with Gasteiger partial charge in [0.2, 0.25) is 0 Å². The Hall–Kier alpha value is -1.95. The normalized spacial score (nSPS) is 10.3. The summed E-state index contributed by atoms with van der Waals surface area (Å²) in [6, 6.07) is 6.20. The van der Waals surface area contributed by atoms with E-state index in [0.717, 1.165) is 5.69 Å². The summed E-state index contributed by atoms with van der Waals surface area (Å²) in [4.78, 5) is 0.158. The molecule has 0 saturated carbocycles. The molecule has 0 aliphatic carbocycles. The van der Waals surface area contributed by atoms with E-state index in [-0.39, 0.29) is 17.3 Å². The van der Waals surface area contributed by atoms with Gasteiger partial charge in [0.25, 0.3) is 0 Å². The largest absolute Gasteiger partial charge is 0.484 e. The lowest BCUT2D eigenvalue weighted by Crippen LogP contribution is -2.09. The van der Waals surface area contributed by atoms with Gasteiger partial charge in [-0.05, 0) is 24.3 Å². The third kappa shape index (κ3) is 2.84. The van der Waals surface area contributed by atoms with Crippen LogP contribution < -0.4 is 10.5 Å². The van der Waals surface area contributed by atoms with Gasteiger partial charge in [0.05, 0.1) is 5.69 Å². The first-order valence-electron chi connectivity index (χ1n) is 5.27. The molecular formula is C12H12FN3OS. The average Bonchev–Trinajstić information content (AvgIpc) is 2.73. The van der Waals surface area contributed by atoms with Crippen molar-refractivity contribution < 1.29 is 9.13 Å². The minimum Gasteiger partial charge on any atom is -0.484 e. The van der Waals surface area contributed by atoms with E-state index in [2.05, 4.69) is 5.10 Å². The second-order valence-corrected chi connectivity index (χ2v) is 4.22. The summed E-state index contributed by atoms with van der Waals surface area (Å²) >= 11 is 4.77. The Morgan fingerprint density at radius 3 is 2.83 bits per heavy atom.